The van der Waals surface area contributed by atoms with Gasteiger partial charge in [-0.3, -0.25) is 0 Å². The summed E-state index contributed by atoms with van der Waals surface area (Å²) in [7, 11) is 0. The topological polar surface area (TPSA) is 25.2 Å². The number of hydrogen-bond donors (Lipinski definition) is 1. The number of rotatable bonds is 6. The molecule has 2 aromatic rings. The van der Waals surface area contributed by atoms with E-state index in [-0.39, 0.29) is 0 Å². The Morgan fingerprint density at radius 3 is 2.74 bits per heavy atom. The molecule has 0 aliphatic heterocycles. The third-order valence-corrected chi connectivity index (χ3v) is 4.27. The third kappa shape index (κ3) is 3.77. The van der Waals surface area contributed by atoms with E-state index < -0.39 is 0 Å². The van der Waals surface area contributed by atoms with Crippen molar-refractivity contribution in [1.29, 1.82) is 0 Å². The van der Waals surface area contributed by atoms with Gasteiger partial charge >= 0.3 is 0 Å². The fraction of sp³-hybridized carbons (Fsp3) is 0.500. The number of aryl methyl sites for hydroxylation is 1. The van der Waals surface area contributed by atoms with Crippen LogP contribution in [0.25, 0.3) is 11.0 Å². The second-order valence-corrected chi connectivity index (χ2v) is 6.79. The van der Waals surface area contributed by atoms with Gasteiger partial charge < -0.3 is 9.73 Å². The predicted octanol–water partition coefficient (Wildman–Crippen LogP) is 4.53. The molecule has 3 heteroatoms. The summed E-state index contributed by atoms with van der Waals surface area (Å²) in [6, 6.07) is 8.82. The molecular formula is C16H23NOS. The molecular weight excluding hydrogens is 254 g/mol. The maximum Gasteiger partial charge on any atom is 0.134 e. The van der Waals surface area contributed by atoms with Crippen LogP contribution >= 0.6 is 11.8 Å². The number of nitrogens with one attached hydrogen (secondary N) is 1. The minimum atomic E-state index is 0.296. The first-order valence-corrected chi connectivity index (χ1v) is 8.00. The molecule has 0 bridgehead atoms. The molecule has 0 saturated heterocycles. The Balaban J connectivity index is 2.22. The molecule has 2 rings (SSSR count). The SMILES string of the molecule is CCNC(CSC(C)C)c1cc2cc(C)ccc2o1. The average Bonchev–Trinajstić information content (AvgIpc) is 2.76. The fourth-order valence-electron chi connectivity index (χ4n) is 2.13. The van der Waals surface area contributed by atoms with Crippen molar-refractivity contribution >= 4 is 22.7 Å². The molecule has 0 amide bonds. The summed E-state index contributed by atoms with van der Waals surface area (Å²) < 4.78 is 5.99. The predicted molar refractivity (Wildman–Crippen MR) is 85.0 cm³/mol. The van der Waals surface area contributed by atoms with Gasteiger partial charge in [0, 0.05) is 11.1 Å². The summed E-state index contributed by atoms with van der Waals surface area (Å²) in [6.07, 6.45) is 0. The molecule has 0 saturated carbocycles. The molecule has 0 aliphatic rings. The summed E-state index contributed by atoms with van der Waals surface area (Å²) in [5.74, 6) is 2.10. The monoisotopic (exact) mass is 277 g/mol. The molecule has 1 N–H and O–H groups in total. The summed E-state index contributed by atoms with van der Waals surface area (Å²) in [5, 5.41) is 5.36. The van der Waals surface area contributed by atoms with Gasteiger partial charge in [-0.2, -0.15) is 11.8 Å². The van der Waals surface area contributed by atoms with Gasteiger partial charge in [0.05, 0.1) is 6.04 Å². The van der Waals surface area contributed by atoms with E-state index in [0.29, 0.717) is 11.3 Å². The Morgan fingerprint density at radius 2 is 2.05 bits per heavy atom. The van der Waals surface area contributed by atoms with E-state index in [1.807, 2.05) is 11.8 Å². The molecule has 19 heavy (non-hydrogen) atoms. The normalized spacial score (nSPS) is 13.3. The van der Waals surface area contributed by atoms with Gasteiger partial charge in [0.25, 0.3) is 0 Å². The molecule has 0 aliphatic carbocycles. The summed E-state index contributed by atoms with van der Waals surface area (Å²) in [4.78, 5) is 0. The van der Waals surface area contributed by atoms with Crippen molar-refractivity contribution in [3.63, 3.8) is 0 Å². The molecule has 0 spiro atoms. The Kier molecular flexibility index (Phi) is 4.94. The molecule has 104 valence electrons. The van der Waals surface area contributed by atoms with Gasteiger partial charge in [0.2, 0.25) is 0 Å². The number of furan rings is 1. The minimum Gasteiger partial charge on any atom is -0.459 e. The number of thioether (sulfide) groups is 1. The Bertz CT molecular complexity index is 533. The van der Waals surface area contributed by atoms with E-state index in [0.717, 1.165) is 23.6 Å². The van der Waals surface area contributed by atoms with Gasteiger partial charge in [0.15, 0.2) is 0 Å². The maximum absolute atomic E-state index is 5.99. The zero-order valence-electron chi connectivity index (χ0n) is 12.2. The van der Waals surface area contributed by atoms with E-state index in [1.54, 1.807) is 0 Å². The zero-order valence-corrected chi connectivity index (χ0v) is 13.0. The molecule has 1 aromatic heterocycles. The van der Waals surface area contributed by atoms with Crippen molar-refractivity contribution in [3.8, 4) is 0 Å². The molecule has 0 fully saturated rings. The van der Waals surface area contributed by atoms with E-state index in [4.69, 9.17) is 4.42 Å². The van der Waals surface area contributed by atoms with Gasteiger partial charge in [0.1, 0.15) is 11.3 Å². The van der Waals surface area contributed by atoms with Crippen molar-refractivity contribution in [2.24, 2.45) is 0 Å². The van der Waals surface area contributed by atoms with E-state index in [2.05, 4.69) is 57.3 Å². The fourth-order valence-corrected chi connectivity index (χ4v) is 2.99. The first-order chi connectivity index (χ1) is 9.10. The second kappa shape index (κ2) is 6.49. The highest BCUT2D eigenvalue weighted by Crippen LogP contribution is 2.27. The van der Waals surface area contributed by atoms with Crippen molar-refractivity contribution in [2.45, 2.75) is 39.0 Å². The van der Waals surface area contributed by atoms with Crippen LogP contribution in [0.3, 0.4) is 0 Å². The van der Waals surface area contributed by atoms with Gasteiger partial charge in [-0.15, -0.1) is 0 Å². The maximum atomic E-state index is 5.99. The Labute approximate surface area is 119 Å². The number of benzene rings is 1. The van der Waals surface area contributed by atoms with Crippen LogP contribution in [0.5, 0.6) is 0 Å². The lowest BCUT2D eigenvalue weighted by Crippen LogP contribution is -2.23. The van der Waals surface area contributed by atoms with Crippen molar-refractivity contribution in [3.05, 3.63) is 35.6 Å². The first-order valence-electron chi connectivity index (χ1n) is 6.95. The first kappa shape index (κ1) is 14.5. The van der Waals surface area contributed by atoms with Gasteiger partial charge in [-0.25, -0.2) is 0 Å². The molecule has 1 aromatic carbocycles. The van der Waals surface area contributed by atoms with Crippen LogP contribution in [0.15, 0.2) is 28.7 Å². The lowest BCUT2D eigenvalue weighted by Gasteiger charge is -2.16. The second-order valence-electron chi connectivity index (χ2n) is 5.18. The van der Waals surface area contributed by atoms with Crippen molar-refractivity contribution in [2.75, 3.05) is 12.3 Å². The van der Waals surface area contributed by atoms with Gasteiger partial charge in [-0.1, -0.05) is 32.4 Å². The zero-order chi connectivity index (χ0) is 13.8. The van der Waals surface area contributed by atoms with Crippen molar-refractivity contribution < 1.29 is 4.42 Å². The smallest absolute Gasteiger partial charge is 0.134 e. The van der Waals surface area contributed by atoms with Crippen LogP contribution in [0, 0.1) is 6.92 Å². The molecule has 1 heterocycles. The van der Waals surface area contributed by atoms with Crippen LogP contribution in [0.1, 0.15) is 38.1 Å². The summed E-state index contributed by atoms with van der Waals surface area (Å²) >= 11 is 1.96. The Hall–Kier alpha value is -0.930. The lowest BCUT2D eigenvalue weighted by molar-refractivity contribution is 0.463. The quantitative estimate of drug-likeness (QED) is 0.839. The van der Waals surface area contributed by atoms with Crippen LogP contribution < -0.4 is 5.32 Å². The number of fused-ring (bicyclic) bond motifs is 1. The van der Waals surface area contributed by atoms with E-state index in [1.165, 1.54) is 10.9 Å². The molecule has 2 nitrogen and oxygen atoms in total. The standard InChI is InChI=1S/C16H23NOS/c1-5-17-14(10-19-11(2)3)16-9-13-8-12(4)6-7-15(13)18-16/h6-9,11,14,17H,5,10H2,1-4H3. The van der Waals surface area contributed by atoms with E-state index >= 15 is 0 Å². The highest BCUT2D eigenvalue weighted by Gasteiger charge is 2.16. The van der Waals surface area contributed by atoms with Crippen LogP contribution in [0.2, 0.25) is 0 Å². The molecule has 1 atom stereocenters. The third-order valence-electron chi connectivity index (χ3n) is 3.08. The highest BCUT2D eigenvalue weighted by atomic mass is 32.2. The largest absolute Gasteiger partial charge is 0.459 e. The van der Waals surface area contributed by atoms with Crippen LogP contribution in [0.4, 0.5) is 0 Å². The Morgan fingerprint density at radius 1 is 1.26 bits per heavy atom. The van der Waals surface area contributed by atoms with Gasteiger partial charge in [-0.05, 0) is 36.9 Å². The minimum absolute atomic E-state index is 0.296. The highest BCUT2D eigenvalue weighted by molar-refractivity contribution is 7.99. The van der Waals surface area contributed by atoms with Crippen molar-refractivity contribution in [1.82, 2.24) is 5.32 Å². The number of hydrogen-bond acceptors (Lipinski definition) is 3. The summed E-state index contributed by atoms with van der Waals surface area (Å²) in [6.45, 7) is 9.67. The molecule has 1 unspecified atom stereocenters. The average molecular weight is 277 g/mol. The van der Waals surface area contributed by atoms with Crippen LogP contribution in [-0.2, 0) is 0 Å². The molecule has 0 radical (unpaired) electrons. The van der Waals surface area contributed by atoms with E-state index in [9.17, 15) is 0 Å². The lowest BCUT2D eigenvalue weighted by atomic mass is 10.1. The summed E-state index contributed by atoms with van der Waals surface area (Å²) in [5.41, 5.74) is 2.26. The van der Waals surface area contributed by atoms with Crippen LogP contribution in [-0.4, -0.2) is 17.5 Å².